The summed E-state index contributed by atoms with van der Waals surface area (Å²) in [7, 11) is 2.18. The van der Waals surface area contributed by atoms with E-state index in [0.29, 0.717) is 0 Å². The highest BCUT2D eigenvalue weighted by molar-refractivity contribution is 7.98. The molecule has 0 radical (unpaired) electrons. The molecule has 0 unspecified atom stereocenters. The number of ether oxygens (including phenoxy) is 1. The van der Waals surface area contributed by atoms with Crippen molar-refractivity contribution in [3.05, 3.63) is 60.2 Å². The molecule has 0 aliphatic carbocycles. The van der Waals surface area contributed by atoms with E-state index in [9.17, 15) is 0 Å². The number of likely N-dealkylation sites (N-methyl/N-ethyl adjacent to an activating group) is 1. The normalized spacial score (nSPS) is 21.1. The van der Waals surface area contributed by atoms with E-state index in [1.807, 2.05) is 42.5 Å². The predicted octanol–water partition coefficient (Wildman–Crippen LogP) is 3.83. The van der Waals surface area contributed by atoms with Gasteiger partial charge in [0.2, 0.25) is 0 Å². The summed E-state index contributed by atoms with van der Waals surface area (Å²) in [6.45, 7) is 3.24. The summed E-state index contributed by atoms with van der Waals surface area (Å²) in [6, 6.07) is 18.5. The molecule has 4 nitrogen and oxygen atoms in total. The van der Waals surface area contributed by atoms with E-state index in [1.54, 1.807) is 11.9 Å². The number of benzene rings is 2. The summed E-state index contributed by atoms with van der Waals surface area (Å²) in [5.41, 5.74) is 1.27. The van der Waals surface area contributed by atoms with Crippen LogP contribution in [0.25, 0.3) is 0 Å². The molecular formula is C19H21N3OS. The van der Waals surface area contributed by atoms with Gasteiger partial charge in [0.1, 0.15) is 17.3 Å². The molecule has 2 heterocycles. The van der Waals surface area contributed by atoms with Crippen molar-refractivity contribution in [1.29, 1.82) is 0 Å². The first-order valence-corrected chi connectivity index (χ1v) is 9.23. The van der Waals surface area contributed by atoms with Gasteiger partial charge in [-0.1, -0.05) is 30.3 Å². The maximum absolute atomic E-state index is 5.90. The van der Waals surface area contributed by atoms with Gasteiger partial charge in [0.25, 0.3) is 0 Å². The van der Waals surface area contributed by atoms with Crippen molar-refractivity contribution in [2.24, 2.45) is 4.40 Å². The summed E-state index contributed by atoms with van der Waals surface area (Å²) >= 11 is 1.68. The summed E-state index contributed by atoms with van der Waals surface area (Å²) in [5.74, 6) is 4.00. The Morgan fingerprint density at radius 3 is 2.50 bits per heavy atom. The van der Waals surface area contributed by atoms with E-state index in [0.717, 1.165) is 36.9 Å². The van der Waals surface area contributed by atoms with Gasteiger partial charge in [-0.25, -0.2) is 4.40 Å². The molecule has 1 saturated heterocycles. The third-order valence-corrected chi connectivity index (χ3v) is 5.20. The second-order valence-corrected chi connectivity index (χ2v) is 6.99. The van der Waals surface area contributed by atoms with Crippen LogP contribution < -0.4 is 4.74 Å². The average molecular weight is 339 g/mol. The van der Waals surface area contributed by atoms with E-state index in [1.165, 1.54) is 11.4 Å². The minimum atomic E-state index is 0.234. The van der Waals surface area contributed by atoms with Gasteiger partial charge in [-0.15, -0.1) is 0 Å². The van der Waals surface area contributed by atoms with Gasteiger partial charge >= 0.3 is 0 Å². The van der Waals surface area contributed by atoms with Crippen LogP contribution in [-0.4, -0.2) is 48.1 Å². The summed E-state index contributed by atoms with van der Waals surface area (Å²) in [4.78, 5) is 4.81. The first-order valence-electron chi connectivity index (χ1n) is 8.29. The molecule has 2 aliphatic rings. The molecule has 2 aliphatic heterocycles. The third kappa shape index (κ3) is 3.14. The van der Waals surface area contributed by atoms with Crippen molar-refractivity contribution in [2.45, 2.75) is 6.04 Å². The van der Waals surface area contributed by atoms with Gasteiger partial charge < -0.3 is 9.64 Å². The van der Waals surface area contributed by atoms with Crippen LogP contribution in [0.5, 0.6) is 11.5 Å². The topological polar surface area (TPSA) is 28.1 Å². The van der Waals surface area contributed by atoms with Crippen molar-refractivity contribution in [3.63, 3.8) is 0 Å². The van der Waals surface area contributed by atoms with Gasteiger partial charge in [-0.2, -0.15) is 0 Å². The van der Waals surface area contributed by atoms with Crippen molar-refractivity contribution >= 4 is 17.8 Å². The molecule has 0 amide bonds. The second kappa shape index (κ2) is 6.87. The van der Waals surface area contributed by atoms with Gasteiger partial charge in [-0.3, -0.25) is 4.90 Å². The van der Waals surface area contributed by atoms with E-state index in [-0.39, 0.29) is 6.04 Å². The van der Waals surface area contributed by atoms with Gasteiger partial charge in [-0.05, 0) is 48.8 Å². The Morgan fingerprint density at radius 2 is 1.71 bits per heavy atom. The zero-order chi connectivity index (χ0) is 16.4. The van der Waals surface area contributed by atoms with Crippen LogP contribution in [0, 0.1) is 0 Å². The molecule has 0 spiro atoms. The zero-order valence-corrected chi connectivity index (χ0v) is 14.6. The maximum atomic E-state index is 5.90. The van der Waals surface area contributed by atoms with Crippen LogP contribution in [0.2, 0.25) is 0 Å². The number of hydrogen-bond acceptors (Lipinski definition) is 5. The Hall–Kier alpha value is -1.98. The first kappa shape index (κ1) is 15.5. The molecule has 0 saturated carbocycles. The van der Waals surface area contributed by atoms with E-state index in [4.69, 9.17) is 9.13 Å². The molecule has 0 N–H and O–H groups in total. The molecule has 0 bridgehead atoms. The minimum absolute atomic E-state index is 0.234. The van der Waals surface area contributed by atoms with Gasteiger partial charge in [0, 0.05) is 25.4 Å². The number of rotatable bonds is 3. The van der Waals surface area contributed by atoms with Crippen molar-refractivity contribution in [2.75, 3.05) is 32.4 Å². The smallest absolute Gasteiger partial charge is 0.135 e. The highest BCUT2D eigenvalue weighted by Gasteiger charge is 2.33. The van der Waals surface area contributed by atoms with Crippen molar-refractivity contribution in [1.82, 2.24) is 9.80 Å². The molecule has 2 aromatic carbocycles. The summed E-state index contributed by atoms with van der Waals surface area (Å²) in [6.07, 6.45) is 0. The number of amidine groups is 1. The van der Waals surface area contributed by atoms with Crippen LogP contribution in [-0.2, 0) is 0 Å². The maximum Gasteiger partial charge on any atom is 0.135 e. The zero-order valence-electron chi connectivity index (χ0n) is 13.8. The van der Waals surface area contributed by atoms with Gasteiger partial charge in [0.15, 0.2) is 0 Å². The number of fused-ring (bicyclic) bond motifs is 1. The molecule has 1 atom stereocenters. The highest BCUT2D eigenvalue weighted by atomic mass is 32.2. The Labute approximate surface area is 147 Å². The molecular weight excluding hydrogens is 318 g/mol. The van der Waals surface area contributed by atoms with E-state index in [2.05, 4.69) is 29.0 Å². The molecule has 1 fully saturated rings. The van der Waals surface area contributed by atoms with E-state index >= 15 is 0 Å². The monoisotopic (exact) mass is 339 g/mol. The lowest BCUT2D eigenvalue weighted by atomic mass is 10.0. The van der Waals surface area contributed by atoms with Crippen LogP contribution in [0.4, 0.5) is 0 Å². The first-order chi connectivity index (χ1) is 11.8. The fourth-order valence-corrected chi connectivity index (χ4v) is 3.98. The number of hydrogen-bond donors (Lipinski definition) is 0. The Balaban J connectivity index is 1.56. The Morgan fingerprint density at radius 1 is 0.958 bits per heavy atom. The number of nitrogens with zero attached hydrogens (tertiary/aromatic N) is 3. The highest BCUT2D eigenvalue weighted by Crippen LogP contribution is 2.31. The van der Waals surface area contributed by atoms with Crippen LogP contribution in [0.1, 0.15) is 11.6 Å². The third-order valence-electron chi connectivity index (χ3n) is 4.52. The van der Waals surface area contributed by atoms with Crippen molar-refractivity contribution in [3.8, 4) is 11.5 Å². The summed E-state index contributed by atoms with van der Waals surface area (Å²) in [5, 5.41) is 0. The molecule has 4 rings (SSSR count). The lowest BCUT2D eigenvalue weighted by Gasteiger charge is -2.43. The largest absolute Gasteiger partial charge is 0.457 e. The standard InChI is InChI=1S/C19H21N3OS/c1-21-11-12-22-13-14-24-20-19(22)18(21)15-7-9-17(10-8-15)23-16-5-3-2-4-6-16/h2-10,18H,11-14H2,1H3/t18-/m1/s1. The van der Waals surface area contributed by atoms with Crippen LogP contribution in [0.15, 0.2) is 59.0 Å². The second-order valence-electron chi connectivity index (χ2n) is 6.14. The molecule has 24 heavy (non-hydrogen) atoms. The lowest BCUT2D eigenvalue weighted by Crippen LogP contribution is -2.52. The fraction of sp³-hybridized carbons (Fsp3) is 0.316. The Bertz CT molecular complexity index is 717. The van der Waals surface area contributed by atoms with Crippen LogP contribution in [0.3, 0.4) is 0 Å². The molecule has 5 heteroatoms. The van der Waals surface area contributed by atoms with Gasteiger partial charge in [0.05, 0.1) is 6.04 Å². The Kier molecular flexibility index (Phi) is 4.45. The lowest BCUT2D eigenvalue weighted by molar-refractivity contribution is 0.212. The van der Waals surface area contributed by atoms with E-state index < -0.39 is 0 Å². The quantitative estimate of drug-likeness (QED) is 0.795. The average Bonchev–Trinajstić information content (AvgIpc) is 2.63. The minimum Gasteiger partial charge on any atom is -0.457 e. The van der Waals surface area contributed by atoms with Crippen molar-refractivity contribution < 1.29 is 4.74 Å². The predicted molar refractivity (Wildman–Crippen MR) is 99.8 cm³/mol. The van der Waals surface area contributed by atoms with Crippen LogP contribution >= 0.6 is 11.9 Å². The fourth-order valence-electron chi connectivity index (χ4n) is 3.24. The number of para-hydroxylation sites is 1. The molecule has 2 aromatic rings. The molecule has 124 valence electrons. The number of piperazine rings is 1. The summed E-state index contributed by atoms with van der Waals surface area (Å²) < 4.78 is 10.6. The SMILES string of the molecule is CN1CCN2CCSN=C2[C@H]1c1ccc(Oc2ccccc2)cc1. The molecule has 0 aromatic heterocycles.